The molecule has 0 atom stereocenters. The second-order valence-corrected chi connectivity index (χ2v) is 8.03. The molecule has 4 amide bonds. The number of nitrogens with zero attached hydrogens (tertiary/aromatic N) is 2. The Morgan fingerprint density at radius 1 is 0.781 bits per heavy atom. The average Bonchev–Trinajstić information content (AvgIpc) is 2.83. The van der Waals surface area contributed by atoms with Crippen LogP contribution in [-0.2, 0) is 22.6 Å². The van der Waals surface area contributed by atoms with Gasteiger partial charge >= 0.3 is 6.03 Å². The highest BCUT2D eigenvalue weighted by Crippen LogP contribution is 2.09. The van der Waals surface area contributed by atoms with E-state index in [1.54, 1.807) is 0 Å². The quantitative estimate of drug-likeness (QED) is 0.633. The number of amides is 4. The summed E-state index contributed by atoms with van der Waals surface area (Å²) in [6, 6.07) is 19.3. The summed E-state index contributed by atoms with van der Waals surface area (Å²) in [4.78, 5) is 40.4. The molecule has 7 heteroatoms. The van der Waals surface area contributed by atoms with Gasteiger partial charge in [-0.05, 0) is 24.0 Å². The molecule has 1 heterocycles. The summed E-state index contributed by atoms with van der Waals surface area (Å²) in [5, 5.41) is 5.06. The van der Waals surface area contributed by atoms with Crippen LogP contribution in [0.4, 0.5) is 4.79 Å². The van der Waals surface area contributed by atoms with Crippen molar-refractivity contribution in [3.63, 3.8) is 0 Å². The Labute approximate surface area is 189 Å². The van der Waals surface area contributed by atoms with Crippen molar-refractivity contribution >= 4 is 17.8 Å². The molecule has 1 aliphatic rings. The standard InChI is InChI=1S/C25H32N4O3/c30-23(27-25(32)26-20-22-10-5-2-6-11-22)14-15-28-16-18-29(19-17-28)24(31)13-7-12-21-8-3-1-4-9-21/h1-6,8-11H,7,12-20H2,(H2,26,27,30,32). The topological polar surface area (TPSA) is 81.8 Å². The highest BCUT2D eigenvalue weighted by atomic mass is 16.2. The number of carbonyl (C=O) groups excluding carboxylic acids is 3. The monoisotopic (exact) mass is 436 g/mol. The molecule has 2 aromatic rings. The Balaban J connectivity index is 1.26. The molecule has 170 valence electrons. The van der Waals surface area contributed by atoms with Crippen molar-refractivity contribution in [1.29, 1.82) is 0 Å². The molecule has 0 spiro atoms. The Morgan fingerprint density at radius 3 is 2.06 bits per heavy atom. The third kappa shape index (κ3) is 8.15. The van der Waals surface area contributed by atoms with E-state index in [9.17, 15) is 14.4 Å². The van der Waals surface area contributed by atoms with Crippen LogP contribution in [0.15, 0.2) is 60.7 Å². The number of piperazine rings is 1. The zero-order valence-electron chi connectivity index (χ0n) is 18.5. The molecule has 2 aromatic carbocycles. The van der Waals surface area contributed by atoms with Crippen LogP contribution in [-0.4, -0.2) is 60.4 Å². The molecule has 0 bridgehead atoms. The maximum atomic E-state index is 12.4. The van der Waals surface area contributed by atoms with E-state index < -0.39 is 6.03 Å². The largest absolute Gasteiger partial charge is 0.340 e. The number of rotatable bonds is 9. The molecule has 3 rings (SSSR count). The SMILES string of the molecule is O=C(CCN1CCN(C(=O)CCCc2ccccc2)CC1)NC(=O)NCc1ccccc1. The van der Waals surface area contributed by atoms with Crippen molar-refractivity contribution in [2.75, 3.05) is 32.7 Å². The van der Waals surface area contributed by atoms with Crippen molar-refractivity contribution in [3.8, 4) is 0 Å². The Kier molecular flexibility index (Phi) is 9.25. The Bertz CT molecular complexity index is 865. The highest BCUT2D eigenvalue weighted by molar-refractivity contribution is 5.94. The van der Waals surface area contributed by atoms with Crippen LogP contribution in [0, 0.1) is 0 Å². The van der Waals surface area contributed by atoms with E-state index >= 15 is 0 Å². The molecule has 32 heavy (non-hydrogen) atoms. The van der Waals surface area contributed by atoms with E-state index in [1.165, 1.54) is 5.56 Å². The molecule has 0 aliphatic carbocycles. The van der Waals surface area contributed by atoms with Crippen LogP contribution in [0.5, 0.6) is 0 Å². The first-order chi connectivity index (χ1) is 15.6. The lowest BCUT2D eigenvalue weighted by Crippen LogP contribution is -2.49. The van der Waals surface area contributed by atoms with Gasteiger partial charge in [0.2, 0.25) is 11.8 Å². The summed E-state index contributed by atoms with van der Waals surface area (Å²) in [5.74, 6) is -0.0941. The number of nitrogens with one attached hydrogen (secondary N) is 2. The van der Waals surface area contributed by atoms with Gasteiger partial charge < -0.3 is 10.2 Å². The predicted octanol–water partition coefficient (Wildman–Crippen LogP) is 2.57. The fourth-order valence-electron chi connectivity index (χ4n) is 3.74. The molecule has 1 aliphatic heterocycles. The van der Waals surface area contributed by atoms with E-state index in [0.29, 0.717) is 32.6 Å². The predicted molar refractivity (Wildman–Crippen MR) is 124 cm³/mol. The zero-order valence-corrected chi connectivity index (χ0v) is 18.5. The number of benzene rings is 2. The van der Waals surface area contributed by atoms with Gasteiger partial charge in [0, 0.05) is 52.1 Å². The van der Waals surface area contributed by atoms with Gasteiger partial charge in [-0.1, -0.05) is 60.7 Å². The molecule has 0 aromatic heterocycles. The molecular weight excluding hydrogens is 404 g/mol. The van der Waals surface area contributed by atoms with Gasteiger partial charge in [-0.2, -0.15) is 0 Å². The lowest BCUT2D eigenvalue weighted by molar-refractivity contribution is -0.133. The lowest BCUT2D eigenvalue weighted by Gasteiger charge is -2.34. The van der Waals surface area contributed by atoms with Gasteiger partial charge in [0.1, 0.15) is 0 Å². The number of hydrogen-bond donors (Lipinski definition) is 2. The molecule has 2 N–H and O–H groups in total. The van der Waals surface area contributed by atoms with Crippen LogP contribution in [0.25, 0.3) is 0 Å². The van der Waals surface area contributed by atoms with Gasteiger partial charge in [0.05, 0.1) is 0 Å². The maximum absolute atomic E-state index is 12.4. The molecule has 0 radical (unpaired) electrons. The van der Waals surface area contributed by atoms with E-state index in [0.717, 1.165) is 31.5 Å². The average molecular weight is 437 g/mol. The molecule has 0 unspecified atom stereocenters. The number of urea groups is 1. The third-order valence-corrected chi connectivity index (χ3v) is 5.63. The molecular formula is C25H32N4O3. The van der Waals surface area contributed by atoms with Gasteiger partial charge in [0.25, 0.3) is 0 Å². The van der Waals surface area contributed by atoms with Crippen LogP contribution >= 0.6 is 0 Å². The maximum Gasteiger partial charge on any atom is 0.321 e. The van der Waals surface area contributed by atoms with Crippen molar-refractivity contribution in [2.24, 2.45) is 0 Å². The fourth-order valence-corrected chi connectivity index (χ4v) is 3.74. The van der Waals surface area contributed by atoms with Crippen LogP contribution in [0.3, 0.4) is 0 Å². The van der Waals surface area contributed by atoms with Crippen molar-refractivity contribution < 1.29 is 14.4 Å². The summed E-state index contributed by atoms with van der Waals surface area (Å²) in [6.07, 6.45) is 2.59. The van der Waals surface area contributed by atoms with Crippen LogP contribution in [0.2, 0.25) is 0 Å². The molecule has 1 fully saturated rings. The Hall–Kier alpha value is -3.19. The van der Waals surface area contributed by atoms with Gasteiger partial charge in [-0.3, -0.25) is 19.8 Å². The number of carbonyl (C=O) groups is 3. The van der Waals surface area contributed by atoms with Gasteiger partial charge in [-0.25, -0.2) is 4.79 Å². The van der Waals surface area contributed by atoms with E-state index in [-0.39, 0.29) is 18.2 Å². The number of aryl methyl sites for hydroxylation is 1. The minimum atomic E-state index is -0.482. The molecule has 0 saturated carbocycles. The second-order valence-electron chi connectivity index (χ2n) is 8.03. The first kappa shape index (κ1) is 23.5. The summed E-state index contributed by atoms with van der Waals surface area (Å²) in [5.41, 5.74) is 2.24. The van der Waals surface area contributed by atoms with Gasteiger partial charge in [-0.15, -0.1) is 0 Å². The minimum Gasteiger partial charge on any atom is -0.340 e. The summed E-state index contributed by atoms with van der Waals surface area (Å²) in [7, 11) is 0. The molecule has 1 saturated heterocycles. The second kappa shape index (κ2) is 12.6. The zero-order chi connectivity index (χ0) is 22.6. The third-order valence-electron chi connectivity index (χ3n) is 5.63. The number of hydrogen-bond acceptors (Lipinski definition) is 4. The lowest BCUT2D eigenvalue weighted by atomic mass is 10.1. The first-order valence-electron chi connectivity index (χ1n) is 11.3. The Morgan fingerprint density at radius 2 is 1.41 bits per heavy atom. The first-order valence-corrected chi connectivity index (χ1v) is 11.3. The van der Waals surface area contributed by atoms with Gasteiger partial charge in [0.15, 0.2) is 0 Å². The highest BCUT2D eigenvalue weighted by Gasteiger charge is 2.21. The smallest absolute Gasteiger partial charge is 0.321 e. The van der Waals surface area contributed by atoms with E-state index in [2.05, 4.69) is 27.7 Å². The van der Waals surface area contributed by atoms with Crippen LogP contribution < -0.4 is 10.6 Å². The summed E-state index contributed by atoms with van der Waals surface area (Å²) in [6.45, 7) is 3.82. The van der Waals surface area contributed by atoms with Crippen molar-refractivity contribution in [3.05, 3.63) is 71.8 Å². The van der Waals surface area contributed by atoms with E-state index in [1.807, 2.05) is 53.4 Å². The van der Waals surface area contributed by atoms with Crippen molar-refractivity contribution in [1.82, 2.24) is 20.4 Å². The van der Waals surface area contributed by atoms with Crippen molar-refractivity contribution in [2.45, 2.75) is 32.2 Å². The minimum absolute atomic E-state index is 0.202. The fraction of sp³-hybridized carbons (Fsp3) is 0.400. The summed E-state index contributed by atoms with van der Waals surface area (Å²) < 4.78 is 0. The number of imide groups is 1. The van der Waals surface area contributed by atoms with E-state index in [4.69, 9.17) is 0 Å². The van der Waals surface area contributed by atoms with Crippen LogP contribution in [0.1, 0.15) is 30.4 Å². The molecule has 7 nitrogen and oxygen atoms in total. The summed E-state index contributed by atoms with van der Waals surface area (Å²) >= 11 is 0. The normalized spacial score (nSPS) is 14.1.